The van der Waals surface area contributed by atoms with Crippen molar-refractivity contribution in [3.63, 3.8) is 0 Å². The Hall–Kier alpha value is -2.08. The Kier molecular flexibility index (Phi) is 6.40. The number of hydrogen-bond acceptors (Lipinski definition) is 4. The topological polar surface area (TPSA) is 76.1 Å². The quantitative estimate of drug-likeness (QED) is 0.872. The Bertz CT molecular complexity index is 519. The maximum atomic E-state index is 12.3. The van der Waals surface area contributed by atoms with E-state index in [-0.39, 0.29) is 31.5 Å². The maximum absolute atomic E-state index is 12.3. The van der Waals surface area contributed by atoms with Crippen LogP contribution in [0.3, 0.4) is 0 Å². The summed E-state index contributed by atoms with van der Waals surface area (Å²) in [6, 6.07) is 9.57. The molecule has 1 amide bonds. The highest BCUT2D eigenvalue weighted by molar-refractivity contribution is 5.68. The molecule has 1 N–H and O–H groups in total. The normalized spacial score (nSPS) is 21.0. The number of piperidine rings is 1. The summed E-state index contributed by atoms with van der Waals surface area (Å²) in [4.78, 5) is 24.6. The van der Waals surface area contributed by atoms with Crippen molar-refractivity contribution in [2.45, 2.75) is 44.9 Å². The molecule has 1 aliphatic heterocycles. The second-order valence-electron chi connectivity index (χ2n) is 5.65. The molecule has 6 heteroatoms. The van der Waals surface area contributed by atoms with Gasteiger partial charge >= 0.3 is 12.1 Å². The van der Waals surface area contributed by atoms with Gasteiger partial charge in [0.1, 0.15) is 13.2 Å². The van der Waals surface area contributed by atoms with Crippen LogP contribution in [0, 0.1) is 0 Å². The highest BCUT2D eigenvalue weighted by atomic mass is 16.6. The number of ether oxygens (including phenoxy) is 2. The van der Waals surface area contributed by atoms with Gasteiger partial charge < -0.3 is 19.5 Å². The van der Waals surface area contributed by atoms with Crippen molar-refractivity contribution in [1.82, 2.24) is 4.90 Å². The molecule has 2 atom stereocenters. The van der Waals surface area contributed by atoms with E-state index in [1.54, 1.807) is 4.90 Å². The van der Waals surface area contributed by atoms with Crippen LogP contribution in [0.1, 0.15) is 31.7 Å². The predicted molar refractivity (Wildman–Crippen MR) is 84.0 cm³/mol. The molecule has 0 saturated carbocycles. The smallest absolute Gasteiger partial charge is 0.410 e. The highest BCUT2D eigenvalue weighted by Gasteiger charge is 2.32. The van der Waals surface area contributed by atoms with Crippen LogP contribution in [0.25, 0.3) is 0 Å². The Morgan fingerprint density at radius 2 is 2.04 bits per heavy atom. The van der Waals surface area contributed by atoms with E-state index in [9.17, 15) is 9.59 Å². The van der Waals surface area contributed by atoms with Crippen molar-refractivity contribution < 1.29 is 24.2 Å². The maximum Gasteiger partial charge on any atom is 0.410 e. The van der Waals surface area contributed by atoms with E-state index in [0.717, 1.165) is 12.0 Å². The van der Waals surface area contributed by atoms with Gasteiger partial charge in [-0.3, -0.25) is 0 Å². The van der Waals surface area contributed by atoms with E-state index in [2.05, 4.69) is 0 Å². The summed E-state index contributed by atoms with van der Waals surface area (Å²) in [5.74, 6) is -0.970. The number of carboxylic acid groups (broad SMARTS) is 1. The first-order chi connectivity index (χ1) is 11.1. The van der Waals surface area contributed by atoms with Gasteiger partial charge in [-0.1, -0.05) is 37.3 Å². The van der Waals surface area contributed by atoms with Gasteiger partial charge in [-0.2, -0.15) is 0 Å². The zero-order valence-electron chi connectivity index (χ0n) is 13.3. The molecule has 1 saturated heterocycles. The second-order valence-corrected chi connectivity index (χ2v) is 5.65. The molecule has 0 aromatic heterocycles. The predicted octanol–water partition coefficient (Wildman–Crippen LogP) is 2.67. The number of hydrogen-bond donors (Lipinski definition) is 1. The summed E-state index contributed by atoms with van der Waals surface area (Å²) in [5.41, 5.74) is 0.952. The molecular formula is C17H23NO5. The average Bonchev–Trinajstić information content (AvgIpc) is 2.58. The van der Waals surface area contributed by atoms with E-state index >= 15 is 0 Å². The number of carboxylic acids is 1. The Balaban J connectivity index is 1.84. The first kappa shape index (κ1) is 17.3. The van der Waals surface area contributed by atoms with Crippen molar-refractivity contribution in [3.8, 4) is 0 Å². The van der Waals surface area contributed by atoms with Gasteiger partial charge in [0, 0.05) is 12.6 Å². The molecule has 1 aliphatic rings. The summed E-state index contributed by atoms with van der Waals surface area (Å²) in [5, 5.41) is 8.68. The molecule has 1 fully saturated rings. The number of carbonyl (C=O) groups excluding carboxylic acids is 1. The number of rotatable bonds is 6. The van der Waals surface area contributed by atoms with Crippen LogP contribution < -0.4 is 0 Å². The fourth-order valence-corrected chi connectivity index (χ4v) is 2.78. The number of aliphatic carboxylic acids is 1. The van der Waals surface area contributed by atoms with Gasteiger partial charge in [0.15, 0.2) is 0 Å². The van der Waals surface area contributed by atoms with E-state index < -0.39 is 5.97 Å². The molecule has 0 spiro atoms. The summed E-state index contributed by atoms with van der Waals surface area (Å²) < 4.78 is 10.7. The van der Waals surface area contributed by atoms with Gasteiger partial charge in [-0.05, 0) is 24.8 Å². The van der Waals surface area contributed by atoms with Crippen molar-refractivity contribution in [3.05, 3.63) is 35.9 Å². The molecule has 2 rings (SSSR count). The van der Waals surface area contributed by atoms with E-state index in [4.69, 9.17) is 14.6 Å². The largest absolute Gasteiger partial charge is 0.480 e. The van der Waals surface area contributed by atoms with Crippen LogP contribution in [0.15, 0.2) is 30.3 Å². The van der Waals surface area contributed by atoms with Crippen molar-refractivity contribution >= 4 is 12.1 Å². The van der Waals surface area contributed by atoms with Crippen molar-refractivity contribution in [2.24, 2.45) is 0 Å². The molecular weight excluding hydrogens is 298 g/mol. The molecule has 1 aromatic rings. The second kappa shape index (κ2) is 8.53. The minimum absolute atomic E-state index is 0.0193. The molecule has 0 radical (unpaired) electrons. The fraction of sp³-hybridized carbons (Fsp3) is 0.529. The summed E-state index contributed by atoms with van der Waals surface area (Å²) >= 11 is 0. The van der Waals surface area contributed by atoms with Gasteiger partial charge in [-0.25, -0.2) is 9.59 Å². The zero-order valence-corrected chi connectivity index (χ0v) is 13.3. The Labute approximate surface area is 136 Å². The van der Waals surface area contributed by atoms with Crippen LogP contribution in [0.2, 0.25) is 0 Å². The summed E-state index contributed by atoms with van der Waals surface area (Å²) in [7, 11) is 0. The molecule has 126 valence electrons. The van der Waals surface area contributed by atoms with Crippen molar-refractivity contribution in [1.29, 1.82) is 0 Å². The van der Waals surface area contributed by atoms with Crippen LogP contribution in [0.4, 0.5) is 4.79 Å². The lowest BCUT2D eigenvalue weighted by atomic mass is 9.98. The molecule has 1 heterocycles. The van der Waals surface area contributed by atoms with Crippen LogP contribution >= 0.6 is 0 Å². The van der Waals surface area contributed by atoms with E-state index in [1.807, 2.05) is 37.3 Å². The number of carbonyl (C=O) groups is 2. The monoisotopic (exact) mass is 321 g/mol. The van der Waals surface area contributed by atoms with Crippen molar-refractivity contribution in [2.75, 3.05) is 13.2 Å². The lowest BCUT2D eigenvalue weighted by Gasteiger charge is -2.38. The Morgan fingerprint density at radius 1 is 1.30 bits per heavy atom. The van der Waals surface area contributed by atoms with Gasteiger partial charge in [-0.15, -0.1) is 0 Å². The van der Waals surface area contributed by atoms with E-state index in [0.29, 0.717) is 19.4 Å². The lowest BCUT2D eigenvalue weighted by molar-refractivity contribution is -0.145. The first-order valence-electron chi connectivity index (χ1n) is 7.90. The number of likely N-dealkylation sites (tertiary alicyclic amines) is 1. The van der Waals surface area contributed by atoms with E-state index in [1.165, 1.54) is 0 Å². The fourth-order valence-electron chi connectivity index (χ4n) is 2.78. The van der Waals surface area contributed by atoms with Gasteiger partial charge in [0.2, 0.25) is 0 Å². The summed E-state index contributed by atoms with van der Waals surface area (Å²) in [6.45, 7) is 2.49. The molecule has 23 heavy (non-hydrogen) atoms. The molecule has 0 bridgehead atoms. The van der Waals surface area contributed by atoms with Crippen LogP contribution in [0.5, 0.6) is 0 Å². The summed E-state index contributed by atoms with van der Waals surface area (Å²) in [6.07, 6.45) is 1.62. The van der Waals surface area contributed by atoms with Crippen LogP contribution in [-0.4, -0.2) is 47.4 Å². The zero-order chi connectivity index (χ0) is 16.7. The Morgan fingerprint density at radius 3 is 2.70 bits per heavy atom. The highest BCUT2D eigenvalue weighted by Crippen LogP contribution is 2.23. The average molecular weight is 321 g/mol. The number of amides is 1. The lowest BCUT2D eigenvalue weighted by Crippen LogP contribution is -2.48. The molecule has 0 aliphatic carbocycles. The minimum Gasteiger partial charge on any atom is -0.480 e. The third-order valence-corrected chi connectivity index (χ3v) is 4.02. The third-order valence-electron chi connectivity index (χ3n) is 4.02. The minimum atomic E-state index is -0.970. The van der Waals surface area contributed by atoms with Gasteiger partial charge in [0.05, 0.1) is 6.10 Å². The number of nitrogens with zero attached hydrogens (tertiary/aromatic N) is 1. The molecule has 2 unspecified atom stereocenters. The molecule has 6 nitrogen and oxygen atoms in total. The third kappa shape index (κ3) is 5.25. The van der Waals surface area contributed by atoms with Crippen LogP contribution in [-0.2, 0) is 20.9 Å². The van der Waals surface area contributed by atoms with Gasteiger partial charge in [0.25, 0.3) is 0 Å². The standard InChI is InChI=1S/C17H23NO5/c1-2-14-10-15(22-12-16(19)20)8-9-18(14)17(21)23-11-13-6-4-3-5-7-13/h3-7,14-15H,2,8-12H2,1H3,(H,19,20). The molecule has 1 aromatic carbocycles. The SMILES string of the molecule is CCC1CC(OCC(=O)O)CCN1C(=O)OCc1ccccc1. The number of benzene rings is 1. The first-order valence-corrected chi connectivity index (χ1v) is 7.90.